The molecule has 0 aromatic carbocycles. The van der Waals surface area contributed by atoms with Crippen LogP contribution >= 0.6 is 11.3 Å². The quantitative estimate of drug-likeness (QED) is 0.697. The zero-order valence-corrected chi connectivity index (χ0v) is 15.9. The number of nitrogens with zero attached hydrogens (tertiary/aromatic N) is 3. The molecule has 2 heterocycles. The lowest BCUT2D eigenvalue weighted by atomic mass is 9.96. The smallest absolute Gasteiger partial charge is 0.422 e. The Kier molecular flexibility index (Phi) is 7.81. The standard InChI is InChI=1S/C16H23F3N4O3S/c1-2-3-4-5-12-21-22-14(27-12)20-13(24)11-6-8-23(9-7-11)15(25)26-10-16(17,18)19/h11H,2-10H2,1H3,(H,20,22,24). The maximum atomic E-state index is 12.3. The highest BCUT2D eigenvalue weighted by Crippen LogP contribution is 2.23. The fourth-order valence-corrected chi connectivity index (χ4v) is 3.48. The van der Waals surface area contributed by atoms with E-state index < -0.39 is 18.9 Å². The van der Waals surface area contributed by atoms with E-state index in [2.05, 4.69) is 27.2 Å². The number of aromatic nitrogens is 2. The molecular formula is C16H23F3N4O3S. The lowest BCUT2D eigenvalue weighted by Gasteiger charge is -2.30. The van der Waals surface area contributed by atoms with Crippen LogP contribution in [-0.4, -0.2) is 53.0 Å². The summed E-state index contributed by atoms with van der Waals surface area (Å²) in [5.41, 5.74) is 0. The monoisotopic (exact) mass is 408 g/mol. The molecule has 1 aliphatic heterocycles. The summed E-state index contributed by atoms with van der Waals surface area (Å²) < 4.78 is 40.5. The van der Waals surface area contributed by atoms with Gasteiger partial charge >= 0.3 is 12.3 Å². The first kappa shape index (κ1) is 21.4. The number of anilines is 1. The van der Waals surface area contributed by atoms with E-state index in [1.54, 1.807) is 0 Å². The van der Waals surface area contributed by atoms with Crippen LogP contribution in [0.2, 0.25) is 0 Å². The van der Waals surface area contributed by atoms with Crippen molar-refractivity contribution in [2.24, 2.45) is 5.92 Å². The molecule has 0 aliphatic carbocycles. The van der Waals surface area contributed by atoms with Crippen molar-refractivity contribution in [3.63, 3.8) is 0 Å². The van der Waals surface area contributed by atoms with Crippen LogP contribution in [0.5, 0.6) is 0 Å². The second-order valence-corrected chi connectivity index (χ2v) is 7.44. The van der Waals surface area contributed by atoms with E-state index >= 15 is 0 Å². The van der Waals surface area contributed by atoms with Crippen LogP contribution in [0.4, 0.5) is 23.1 Å². The first-order valence-corrected chi connectivity index (χ1v) is 9.72. The Bertz CT molecular complexity index is 631. The number of ether oxygens (including phenoxy) is 1. The van der Waals surface area contributed by atoms with Crippen LogP contribution in [0.1, 0.15) is 44.0 Å². The first-order valence-electron chi connectivity index (χ1n) is 8.90. The summed E-state index contributed by atoms with van der Waals surface area (Å²) in [4.78, 5) is 25.1. The molecule has 0 saturated carbocycles. The van der Waals surface area contributed by atoms with E-state index in [4.69, 9.17) is 0 Å². The number of alkyl halides is 3. The Labute approximate surface area is 159 Å². The highest BCUT2D eigenvalue weighted by molar-refractivity contribution is 7.15. The average Bonchev–Trinajstić information content (AvgIpc) is 3.06. The number of halogens is 3. The molecule has 27 heavy (non-hydrogen) atoms. The Morgan fingerprint density at radius 1 is 1.26 bits per heavy atom. The van der Waals surface area contributed by atoms with Gasteiger partial charge in [0.2, 0.25) is 11.0 Å². The van der Waals surface area contributed by atoms with E-state index in [9.17, 15) is 22.8 Å². The summed E-state index contributed by atoms with van der Waals surface area (Å²) in [6.07, 6.45) is -0.750. The van der Waals surface area contributed by atoms with Gasteiger partial charge in [0, 0.05) is 25.4 Å². The Hall–Kier alpha value is -1.91. The highest BCUT2D eigenvalue weighted by Gasteiger charge is 2.33. The number of likely N-dealkylation sites (tertiary alicyclic amines) is 1. The molecule has 0 atom stereocenters. The van der Waals surface area contributed by atoms with Gasteiger partial charge in [0.15, 0.2) is 6.61 Å². The maximum Gasteiger partial charge on any atom is 0.422 e. The molecule has 0 unspecified atom stereocenters. The molecule has 1 aromatic rings. The summed E-state index contributed by atoms with van der Waals surface area (Å²) in [5, 5.41) is 12.1. The number of unbranched alkanes of at least 4 members (excludes halogenated alkanes) is 2. The normalized spacial score (nSPS) is 15.6. The second kappa shape index (κ2) is 9.86. The third-order valence-corrected chi connectivity index (χ3v) is 5.07. The lowest BCUT2D eigenvalue weighted by molar-refractivity contribution is -0.162. The molecule has 7 nitrogen and oxygen atoms in total. The zero-order chi connectivity index (χ0) is 19.9. The van der Waals surface area contributed by atoms with Crippen molar-refractivity contribution < 1.29 is 27.5 Å². The minimum Gasteiger partial charge on any atom is -0.440 e. The van der Waals surface area contributed by atoms with Crippen molar-refractivity contribution in [1.82, 2.24) is 15.1 Å². The number of amides is 2. The Balaban J connectivity index is 1.74. The van der Waals surface area contributed by atoms with Crippen LogP contribution in [0.15, 0.2) is 0 Å². The van der Waals surface area contributed by atoms with Crippen molar-refractivity contribution in [2.45, 2.75) is 51.6 Å². The molecule has 2 amide bonds. The average molecular weight is 408 g/mol. The number of hydrogen-bond donors (Lipinski definition) is 1. The lowest BCUT2D eigenvalue weighted by Crippen LogP contribution is -2.42. The summed E-state index contributed by atoms with van der Waals surface area (Å²) in [5.74, 6) is -0.543. The Morgan fingerprint density at radius 2 is 1.96 bits per heavy atom. The number of aryl methyl sites for hydroxylation is 1. The number of carbonyl (C=O) groups excluding carboxylic acids is 2. The third-order valence-electron chi connectivity index (χ3n) is 4.17. The minimum absolute atomic E-state index is 0.174. The van der Waals surface area contributed by atoms with Crippen LogP contribution in [-0.2, 0) is 16.0 Å². The molecule has 2 rings (SSSR count). The van der Waals surface area contributed by atoms with Crippen molar-refractivity contribution in [3.05, 3.63) is 5.01 Å². The van der Waals surface area contributed by atoms with Crippen LogP contribution < -0.4 is 5.32 Å². The maximum absolute atomic E-state index is 12.3. The topological polar surface area (TPSA) is 84.4 Å². The molecule has 1 saturated heterocycles. The van der Waals surface area contributed by atoms with Gasteiger partial charge in [0.25, 0.3) is 0 Å². The summed E-state index contributed by atoms with van der Waals surface area (Å²) in [7, 11) is 0. The van der Waals surface area contributed by atoms with Crippen molar-refractivity contribution in [1.29, 1.82) is 0 Å². The Morgan fingerprint density at radius 3 is 2.59 bits per heavy atom. The van der Waals surface area contributed by atoms with Gasteiger partial charge in [-0.05, 0) is 19.3 Å². The van der Waals surface area contributed by atoms with Crippen LogP contribution in [0.3, 0.4) is 0 Å². The van der Waals surface area contributed by atoms with Gasteiger partial charge < -0.3 is 15.0 Å². The van der Waals surface area contributed by atoms with E-state index in [1.165, 1.54) is 16.2 Å². The van der Waals surface area contributed by atoms with Crippen molar-refractivity contribution in [2.75, 3.05) is 25.0 Å². The zero-order valence-electron chi connectivity index (χ0n) is 15.0. The van der Waals surface area contributed by atoms with Gasteiger partial charge in [-0.15, -0.1) is 10.2 Å². The molecule has 0 radical (unpaired) electrons. The van der Waals surface area contributed by atoms with Gasteiger partial charge in [-0.1, -0.05) is 31.1 Å². The number of carbonyl (C=O) groups is 2. The summed E-state index contributed by atoms with van der Waals surface area (Å²) >= 11 is 1.34. The van der Waals surface area contributed by atoms with Crippen LogP contribution in [0.25, 0.3) is 0 Å². The van der Waals surface area contributed by atoms with E-state index in [0.29, 0.717) is 18.0 Å². The molecule has 152 valence electrons. The number of piperidine rings is 1. The van der Waals surface area contributed by atoms with Gasteiger partial charge in [0.05, 0.1) is 0 Å². The summed E-state index contributed by atoms with van der Waals surface area (Å²) in [6, 6.07) is 0. The fourth-order valence-electron chi connectivity index (χ4n) is 2.70. The molecule has 0 bridgehead atoms. The molecule has 1 aliphatic rings. The molecule has 11 heteroatoms. The number of hydrogen-bond acceptors (Lipinski definition) is 6. The van der Waals surface area contributed by atoms with Gasteiger partial charge in [-0.3, -0.25) is 4.79 Å². The minimum atomic E-state index is -4.55. The molecule has 0 spiro atoms. The predicted octanol–water partition coefficient (Wildman–Crippen LogP) is 3.62. The van der Waals surface area contributed by atoms with E-state index in [-0.39, 0.29) is 24.9 Å². The summed E-state index contributed by atoms with van der Waals surface area (Å²) in [6.45, 7) is 0.858. The molecule has 1 aromatic heterocycles. The van der Waals surface area contributed by atoms with Gasteiger partial charge in [0.1, 0.15) is 5.01 Å². The van der Waals surface area contributed by atoms with E-state index in [0.717, 1.165) is 30.7 Å². The fraction of sp³-hybridized carbons (Fsp3) is 0.750. The van der Waals surface area contributed by atoms with Crippen LogP contribution in [0, 0.1) is 5.92 Å². The van der Waals surface area contributed by atoms with Gasteiger partial charge in [-0.25, -0.2) is 4.79 Å². The molecular weight excluding hydrogens is 385 g/mol. The largest absolute Gasteiger partial charge is 0.440 e. The first-order chi connectivity index (χ1) is 12.8. The SMILES string of the molecule is CCCCCc1nnc(NC(=O)C2CCN(C(=O)OCC(F)(F)F)CC2)s1. The molecule has 1 N–H and O–H groups in total. The molecule has 1 fully saturated rings. The van der Waals surface area contributed by atoms with Crippen molar-refractivity contribution in [3.8, 4) is 0 Å². The highest BCUT2D eigenvalue weighted by atomic mass is 32.1. The van der Waals surface area contributed by atoms with E-state index in [1.807, 2.05) is 0 Å². The third kappa shape index (κ3) is 7.31. The predicted molar refractivity (Wildman–Crippen MR) is 93.5 cm³/mol. The second-order valence-electron chi connectivity index (χ2n) is 6.38. The van der Waals surface area contributed by atoms with Crippen molar-refractivity contribution >= 4 is 28.5 Å². The van der Waals surface area contributed by atoms with Gasteiger partial charge in [-0.2, -0.15) is 13.2 Å². The number of rotatable bonds is 7. The number of nitrogens with one attached hydrogen (secondary N) is 1.